The summed E-state index contributed by atoms with van der Waals surface area (Å²) in [4.78, 5) is 25.6. The maximum atomic E-state index is 11.0. The number of anilines is 2. The van der Waals surface area contributed by atoms with E-state index in [1.165, 1.54) is 18.2 Å². The van der Waals surface area contributed by atoms with Crippen molar-refractivity contribution in [2.24, 2.45) is 0 Å². The lowest BCUT2D eigenvalue weighted by Gasteiger charge is -2.08. The van der Waals surface area contributed by atoms with Gasteiger partial charge in [-0.15, -0.1) is 0 Å². The molecule has 2 N–H and O–H groups in total. The van der Waals surface area contributed by atoms with E-state index in [1.54, 1.807) is 26.0 Å². The molecule has 0 saturated heterocycles. The Morgan fingerprint density at radius 3 is 2.62 bits per heavy atom. The Hall–Kier alpha value is -2.96. The molecule has 0 fully saturated rings. The highest BCUT2D eigenvalue weighted by atomic mass is 16.6. The fourth-order valence-electron chi connectivity index (χ4n) is 1.89. The number of aromatic nitrogens is 1. The molecule has 0 spiro atoms. The minimum absolute atomic E-state index is 0.00823. The molecule has 0 bridgehead atoms. The van der Waals surface area contributed by atoms with Crippen LogP contribution in [0.5, 0.6) is 0 Å². The summed E-state index contributed by atoms with van der Waals surface area (Å²) in [6.45, 7) is 3.32. The van der Waals surface area contributed by atoms with Gasteiger partial charge < -0.3 is 10.4 Å². The molecule has 0 saturated carbocycles. The number of carboxylic acid groups (broad SMARTS) is 1. The highest BCUT2D eigenvalue weighted by molar-refractivity contribution is 5.88. The zero-order valence-corrected chi connectivity index (χ0v) is 11.5. The number of aromatic carboxylic acids is 1. The fraction of sp³-hybridized carbons (Fsp3) is 0.143. The van der Waals surface area contributed by atoms with Gasteiger partial charge in [-0.3, -0.25) is 10.1 Å². The molecule has 1 aromatic carbocycles. The second-order valence-corrected chi connectivity index (χ2v) is 4.57. The van der Waals surface area contributed by atoms with E-state index in [4.69, 9.17) is 5.11 Å². The molecule has 1 heterocycles. The normalized spacial score (nSPS) is 10.2. The van der Waals surface area contributed by atoms with E-state index in [-0.39, 0.29) is 11.3 Å². The van der Waals surface area contributed by atoms with Gasteiger partial charge in [0.1, 0.15) is 5.82 Å². The number of hydrogen-bond donors (Lipinski definition) is 2. The molecule has 2 rings (SSSR count). The number of carboxylic acids is 1. The van der Waals surface area contributed by atoms with Crippen LogP contribution in [0, 0.1) is 24.0 Å². The largest absolute Gasteiger partial charge is 0.478 e. The lowest BCUT2D eigenvalue weighted by Crippen LogP contribution is -2.02. The molecule has 7 nitrogen and oxygen atoms in total. The Kier molecular flexibility index (Phi) is 3.84. The summed E-state index contributed by atoms with van der Waals surface area (Å²) in [5.74, 6) is -0.732. The lowest BCUT2D eigenvalue weighted by atomic mass is 10.2. The summed E-state index contributed by atoms with van der Waals surface area (Å²) in [6.07, 6.45) is 0. The second-order valence-electron chi connectivity index (χ2n) is 4.57. The predicted octanol–water partition coefficient (Wildman–Crippen LogP) is 3.05. The standard InChI is InChI=1S/C14H13N3O4/c1-8-3-4-11(7-12(8)17(20)21)16-13-6-10(14(18)19)5-9(2)15-13/h3-7H,1-2H3,(H,15,16)(H,18,19). The van der Waals surface area contributed by atoms with E-state index in [2.05, 4.69) is 10.3 Å². The number of hydrogen-bond acceptors (Lipinski definition) is 5. The van der Waals surface area contributed by atoms with E-state index >= 15 is 0 Å². The number of pyridine rings is 1. The summed E-state index contributed by atoms with van der Waals surface area (Å²) in [5.41, 5.74) is 1.66. The van der Waals surface area contributed by atoms with Crippen LogP contribution >= 0.6 is 0 Å². The number of nitrogens with zero attached hydrogens (tertiary/aromatic N) is 2. The lowest BCUT2D eigenvalue weighted by molar-refractivity contribution is -0.385. The minimum atomic E-state index is -1.06. The van der Waals surface area contributed by atoms with Crippen molar-refractivity contribution in [1.29, 1.82) is 0 Å². The molecule has 0 aliphatic rings. The van der Waals surface area contributed by atoms with Crippen LogP contribution in [-0.4, -0.2) is 21.0 Å². The summed E-state index contributed by atoms with van der Waals surface area (Å²) in [7, 11) is 0. The van der Waals surface area contributed by atoms with Crippen LogP contribution < -0.4 is 5.32 Å². The Labute approximate surface area is 120 Å². The number of nitro groups is 1. The molecular weight excluding hydrogens is 274 g/mol. The number of benzene rings is 1. The molecule has 0 unspecified atom stereocenters. The first-order valence-corrected chi connectivity index (χ1v) is 6.11. The van der Waals surface area contributed by atoms with Crippen molar-refractivity contribution in [3.63, 3.8) is 0 Å². The van der Waals surface area contributed by atoms with Crippen LogP contribution in [0.1, 0.15) is 21.6 Å². The van der Waals surface area contributed by atoms with Crippen LogP contribution in [0.2, 0.25) is 0 Å². The van der Waals surface area contributed by atoms with Crippen molar-refractivity contribution in [1.82, 2.24) is 4.98 Å². The molecule has 0 amide bonds. The molecule has 0 aliphatic carbocycles. The maximum Gasteiger partial charge on any atom is 0.335 e. The maximum absolute atomic E-state index is 11.0. The first kappa shape index (κ1) is 14.4. The van der Waals surface area contributed by atoms with Gasteiger partial charge in [0.15, 0.2) is 0 Å². The third-order valence-electron chi connectivity index (χ3n) is 2.88. The molecular formula is C14H13N3O4. The molecule has 108 valence electrons. The first-order valence-electron chi connectivity index (χ1n) is 6.11. The van der Waals surface area contributed by atoms with Gasteiger partial charge in [0.2, 0.25) is 0 Å². The van der Waals surface area contributed by atoms with Gasteiger partial charge in [-0.2, -0.15) is 0 Å². The van der Waals surface area contributed by atoms with Crippen LogP contribution in [0.3, 0.4) is 0 Å². The van der Waals surface area contributed by atoms with Gasteiger partial charge in [-0.25, -0.2) is 9.78 Å². The molecule has 1 aromatic heterocycles. The average molecular weight is 287 g/mol. The predicted molar refractivity (Wildman–Crippen MR) is 77.0 cm³/mol. The van der Waals surface area contributed by atoms with E-state index in [1.807, 2.05) is 0 Å². The zero-order valence-electron chi connectivity index (χ0n) is 11.5. The van der Waals surface area contributed by atoms with Crippen molar-refractivity contribution in [2.75, 3.05) is 5.32 Å². The molecule has 0 aliphatic heterocycles. The van der Waals surface area contributed by atoms with E-state index in [0.29, 0.717) is 22.8 Å². The Balaban J connectivity index is 2.36. The highest BCUT2D eigenvalue weighted by Gasteiger charge is 2.12. The van der Waals surface area contributed by atoms with Crippen LogP contribution in [0.25, 0.3) is 0 Å². The van der Waals surface area contributed by atoms with E-state index in [0.717, 1.165) is 0 Å². The van der Waals surface area contributed by atoms with E-state index in [9.17, 15) is 14.9 Å². The molecule has 7 heteroatoms. The van der Waals surface area contributed by atoms with Gasteiger partial charge >= 0.3 is 5.97 Å². The summed E-state index contributed by atoms with van der Waals surface area (Å²) in [5, 5.41) is 22.8. The van der Waals surface area contributed by atoms with Crippen molar-refractivity contribution >= 4 is 23.2 Å². The molecule has 0 atom stereocenters. The summed E-state index contributed by atoms with van der Waals surface area (Å²) < 4.78 is 0. The quantitative estimate of drug-likeness (QED) is 0.661. The molecule has 21 heavy (non-hydrogen) atoms. The topological polar surface area (TPSA) is 105 Å². The SMILES string of the molecule is Cc1cc(C(=O)O)cc(Nc2ccc(C)c([N+](=O)[O-])c2)n1. The smallest absolute Gasteiger partial charge is 0.335 e. The Morgan fingerprint density at radius 2 is 2.00 bits per heavy atom. The van der Waals surface area contributed by atoms with Crippen molar-refractivity contribution in [3.8, 4) is 0 Å². The number of carbonyl (C=O) groups is 1. The Bertz CT molecular complexity index is 728. The number of nitro benzene ring substituents is 1. The summed E-state index contributed by atoms with van der Waals surface area (Å²) >= 11 is 0. The van der Waals surface area contributed by atoms with Gasteiger partial charge in [0, 0.05) is 23.0 Å². The van der Waals surface area contributed by atoms with Gasteiger partial charge in [-0.05, 0) is 32.0 Å². The zero-order chi connectivity index (χ0) is 15.6. The third kappa shape index (κ3) is 3.33. The number of aryl methyl sites for hydroxylation is 2. The van der Waals surface area contributed by atoms with Crippen LogP contribution in [0.15, 0.2) is 30.3 Å². The van der Waals surface area contributed by atoms with Gasteiger partial charge in [0.05, 0.1) is 10.5 Å². The van der Waals surface area contributed by atoms with Gasteiger partial charge in [0.25, 0.3) is 5.69 Å². The average Bonchev–Trinajstić information content (AvgIpc) is 2.40. The van der Waals surface area contributed by atoms with E-state index < -0.39 is 10.9 Å². The van der Waals surface area contributed by atoms with Crippen LogP contribution in [-0.2, 0) is 0 Å². The molecule has 0 radical (unpaired) electrons. The Morgan fingerprint density at radius 1 is 1.29 bits per heavy atom. The molecule has 2 aromatic rings. The number of rotatable bonds is 4. The second kappa shape index (κ2) is 5.58. The monoisotopic (exact) mass is 287 g/mol. The van der Waals surface area contributed by atoms with Crippen molar-refractivity contribution < 1.29 is 14.8 Å². The van der Waals surface area contributed by atoms with Crippen LogP contribution in [0.4, 0.5) is 17.2 Å². The summed E-state index contributed by atoms with van der Waals surface area (Å²) in [6, 6.07) is 7.51. The minimum Gasteiger partial charge on any atom is -0.478 e. The van der Waals surface area contributed by atoms with Crippen molar-refractivity contribution in [2.45, 2.75) is 13.8 Å². The fourth-order valence-corrected chi connectivity index (χ4v) is 1.89. The third-order valence-corrected chi connectivity index (χ3v) is 2.88. The highest BCUT2D eigenvalue weighted by Crippen LogP contribution is 2.24. The number of nitrogens with one attached hydrogen (secondary N) is 1. The first-order chi connectivity index (χ1) is 9.86. The van der Waals surface area contributed by atoms with Gasteiger partial charge in [-0.1, -0.05) is 6.07 Å². The van der Waals surface area contributed by atoms with Crippen molar-refractivity contribution in [3.05, 3.63) is 57.3 Å².